The Kier molecular flexibility index (Phi) is 8.14. The molecule has 112 valence electrons. The minimum Gasteiger partial charge on any atom is -0.493 e. The normalized spacial score (nSPS) is 11.9. The topological polar surface area (TPSA) is 61.5 Å². The van der Waals surface area contributed by atoms with E-state index in [1.165, 1.54) is 5.56 Å². The lowest BCUT2D eigenvalue weighted by atomic mass is 10.2. The highest BCUT2D eigenvalue weighted by Crippen LogP contribution is 2.13. The van der Waals surface area contributed by atoms with Crippen molar-refractivity contribution < 1.29 is 14.3 Å². The summed E-state index contributed by atoms with van der Waals surface area (Å²) in [4.78, 5) is 11.3. The summed E-state index contributed by atoms with van der Waals surface area (Å²) in [5, 5.41) is 0. The average molecular weight is 297 g/mol. The third-order valence-electron chi connectivity index (χ3n) is 2.65. The first kappa shape index (κ1) is 16.9. The molecule has 0 aliphatic carbocycles. The van der Waals surface area contributed by atoms with Gasteiger partial charge in [-0.1, -0.05) is 12.1 Å². The summed E-state index contributed by atoms with van der Waals surface area (Å²) in [5.74, 6) is 2.29. The molecule has 0 heterocycles. The zero-order valence-corrected chi connectivity index (χ0v) is 12.9. The predicted octanol–water partition coefficient (Wildman–Crippen LogP) is 2.39. The SMILES string of the molecule is CCOC(=O)C(N)CCSCCOc1cccc(C)c1. The van der Waals surface area contributed by atoms with Crippen LogP contribution in [0, 0.1) is 6.92 Å². The fraction of sp³-hybridized carbons (Fsp3) is 0.533. The molecule has 5 heteroatoms. The van der Waals surface area contributed by atoms with Gasteiger partial charge in [-0.15, -0.1) is 0 Å². The van der Waals surface area contributed by atoms with Crippen molar-refractivity contribution in [1.82, 2.24) is 0 Å². The molecular weight excluding hydrogens is 274 g/mol. The van der Waals surface area contributed by atoms with Gasteiger partial charge in [-0.2, -0.15) is 11.8 Å². The zero-order valence-electron chi connectivity index (χ0n) is 12.1. The Morgan fingerprint density at radius 3 is 2.90 bits per heavy atom. The number of ether oxygens (including phenoxy) is 2. The molecule has 0 saturated carbocycles. The maximum atomic E-state index is 11.3. The first-order valence-corrected chi connectivity index (χ1v) is 7.98. The molecule has 0 saturated heterocycles. The van der Waals surface area contributed by atoms with Crippen molar-refractivity contribution in [2.45, 2.75) is 26.3 Å². The molecule has 0 aliphatic heterocycles. The van der Waals surface area contributed by atoms with Gasteiger partial charge in [0.05, 0.1) is 13.2 Å². The highest BCUT2D eigenvalue weighted by atomic mass is 32.2. The van der Waals surface area contributed by atoms with Crippen LogP contribution in [0.1, 0.15) is 18.9 Å². The standard InChI is InChI=1S/C15H23NO3S/c1-3-18-15(17)14(16)7-9-20-10-8-19-13-6-4-5-12(2)11-13/h4-6,11,14H,3,7-10,16H2,1-2H3. The number of hydrogen-bond donors (Lipinski definition) is 1. The summed E-state index contributed by atoms with van der Waals surface area (Å²) < 4.78 is 10.5. The first-order valence-electron chi connectivity index (χ1n) is 6.83. The number of rotatable bonds is 9. The van der Waals surface area contributed by atoms with E-state index in [9.17, 15) is 4.79 Å². The Morgan fingerprint density at radius 1 is 1.40 bits per heavy atom. The first-order chi connectivity index (χ1) is 9.63. The van der Waals surface area contributed by atoms with E-state index in [0.717, 1.165) is 17.3 Å². The number of benzene rings is 1. The number of thioether (sulfide) groups is 1. The third-order valence-corrected chi connectivity index (χ3v) is 3.63. The van der Waals surface area contributed by atoms with E-state index in [1.807, 2.05) is 31.2 Å². The van der Waals surface area contributed by atoms with Crippen molar-refractivity contribution in [2.75, 3.05) is 24.7 Å². The van der Waals surface area contributed by atoms with Crippen LogP contribution >= 0.6 is 11.8 Å². The molecule has 20 heavy (non-hydrogen) atoms. The minimum atomic E-state index is -0.514. The zero-order chi connectivity index (χ0) is 14.8. The fourth-order valence-electron chi connectivity index (χ4n) is 1.60. The number of aryl methyl sites for hydroxylation is 1. The van der Waals surface area contributed by atoms with Gasteiger partial charge in [-0.25, -0.2) is 0 Å². The second-order valence-corrected chi connectivity index (χ2v) is 5.65. The van der Waals surface area contributed by atoms with Crippen LogP contribution in [-0.4, -0.2) is 36.7 Å². The van der Waals surface area contributed by atoms with E-state index in [1.54, 1.807) is 18.7 Å². The van der Waals surface area contributed by atoms with Crippen molar-refractivity contribution in [3.05, 3.63) is 29.8 Å². The summed E-state index contributed by atoms with van der Waals surface area (Å²) in [6.07, 6.45) is 0.633. The number of hydrogen-bond acceptors (Lipinski definition) is 5. The minimum absolute atomic E-state index is 0.316. The molecule has 4 nitrogen and oxygen atoms in total. The number of esters is 1. The van der Waals surface area contributed by atoms with Crippen molar-refractivity contribution in [3.63, 3.8) is 0 Å². The molecule has 0 aliphatic rings. The molecule has 0 fully saturated rings. The van der Waals surface area contributed by atoms with Crippen LogP contribution < -0.4 is 10.5 Å². The van der Waals surface area contributed by atoms with E-state index in [2.05, 4.69) is 0 Å². The van der Waals surface area contributed by atoms with E-state index < -0.39 is 6.04 Å². The third kappa shape index (κ3) is 6.82. The highest BCUT2D eigenvalue weighted by Gasteiger charge is 2.13. The summed E-state index contributed by atoms with van der Waals surface area (Å²) in [5.41, 5.74) is 6.90. The van der Waals surface area contributed by atoms with Crippen LogP contribution in [0.15, 0.2) is 24.3 Å². The van der Waals surface area contributed by atoms with Crippen molar-refractivity contribution in [3.8, 4) is 5.75 Å². The van der Waals surface area contributed by atoms with Gasteiger partial charge >= 0.3 is 5.97 Å². The highest BCUT2D eigenvalue weighted by molar-refractivity contribution is 7.99. The van der Waals surface area contributed by atoms with E-state index in [-0.39, 0.29) is 5.97 Å². The molecule has 0 radical (unpaired) electrons. The maximum Gasteiger partial charge on any atom is 0.322 e. The second-order valence-electron chi connectivity index (χ2n) is 4.42. The number of nitrogens with two attached hydrogens (primary N) is 1. The van der Waals surface area contributed by atoms with Gasteiger partial charge in [-0.3, -0.25) is 4.79 Å². The van der Waals surface area contributed by atoms with E-state index in [0.29, 0.717) is 19.6 Å². The van der Waals surface area contributed by atoms with Crippen LogP contribution in [0.3, 0.4) is 0 Å². The average Bonchev–Trinajstić information content (AvgIpc) is 2.42. The smallest absolute Gasteiger partial charge is 0.322 e. The van der Waals surface area contributed by atoms with Crippen LogP contribution in [0.2, 0.25) is 0 Å². The van der Waals surface area contributed by atoms with Gasteiger partial charge in [0.1, 0.15) is 11.8 Å². The van der Waals surface area contributed by atoms with Crippen molar-refractivity contribution >= 4 is 17.7 Å². The fourth-order valence-corrected chi connectivity index (χ4v) is 2.43. The lowest BCUT2D eigenvalue weighted by Gasteiger charge is -2.10. The Balaban J connectivity index is 2.06. The summed E-state index contributed by atoms with van der Waals surface area (Å²) in [6, 6.07) is 7.48. The van der Waals surface area contributed by atoms with Crippen LogP contribution in [0.25, 0.3) is 0 Å². The van der Waals surface area contributed by atoms with Gasteiger partial charge < -0.3 is 15.2 Å². The number of carbonyl (C=O) groups is 1. The van der Waals surface area contributed by atoms with Gasteiger partial charge in [0.25, 0.3) is 0 Å². The van der Waals surface area contributed by atoms with Crippen molar-refractivity contribution in [1.29, 1.82) is 0 Å². The summed E-state index contributed by atoms with van der Waals surface area (Å²) >= 11 is 1.73. The quantitative estimate of drug-likeness (QED) is 0.560. The molecule has 0 bridgehead atoms. The van der Waals surface area contributed by atoms with E-state index >= 15 is 0 Å². The largest absolute Gasteiger partial charge is 0.493 e. The molecule has 1 aromatic rings. The summed E-state index contributed by atoms with van der Waals surface area (Å²) in [6.45, 7) is 4.85. The lowest BCUT2D eigenvalue weighted by Crippen LogP contribution is -2.32. The van der Waals surface area contributed by atoms with E-state index in [4.69, 9.17) is 15.2 Å². The molecule has 2 N–H and O–H groups in total. The molecule has 1 unspecified atom stereocenters. The molecule has 0 amide bonds. The Bertz CT molecular complexity index is 412. The molecule has 1 aromatic carbocycles. The van der Waals surface area contributed by atoms with Gasteiger partial charge in [0.15, 0.2) is 0 Å². The van der Waals surface area contributed by atoms with Gasteiger partial charge in [-0.05, 0) is 43.7 Å². The van der Waals surface area contributed by atoms with Gasteiger partial charge in [0, 0.05) is 5.75 Å². The van der Waals surface area contributed by atoms with Crippen LogP contribution in [-0.2, 0) is 9.53 Å². The van der Waals surface area contributed by atoms with Crippen LogP contribution in [0.5, 0.6) is 5.75 Å². The summed E-state index contributed by atoms with van der Waals surface area (Å²) in [7, 11) is 0. The van der Waals surface area contributed by atoms with Gasteiger partial charge in [0.2, 0.25) is 0 Å². The Morgan fingerprint density at radius 2 is 2.20 bits per heavy atom. The molecular formula is C15H23NO3S. The predicted molar refractivity (Wildman–Crippen MR) is 83.2 cm³/mol. The van der Waals surface area contributed by atoms with Crippen LogP contribution in [0.4, 0.5) is 0 Å². The molecule has 1 rings (SSSR count). The Labute approximate surface area is 125 Å². The monoisotopic (exact) mass is 297 g/mol. The molecule has 0 aromatic heterocycles. The second kappa shape index (κ2) is 9.66. The number of carbonyl (C=O) groups excluding carboxylic acids is 1. The maximum absolute atomic E-state index is 11.3. The molecule has 1 atom stereocenters. The van der Waals surface area contributed by atoms with Crippen molar-refractivity contribution in [2.24, 2.45) is 5.73 Å². The molecule has 0 spiro atoms. The Hall–Kier alpha value is -1.20. The lowest BCUT2D eigenvalue weighted by molar-refractivity contribution is -0.144.